The summed E-state index contributed by atoms with van der Waals surface area (Å²) in [5.74, 6) is 0. The highest BCUT2D eigenvalue weighted by Crippen LogP contribution is 2.33. The Morgan fingerprint density at radius 3 is 2.33 bits per heavy atom. The number of nitrogens with one attached hydrogen (secondary N) is 1. The molecule has 2 rings (SSSR count). The summed E-state index contributed by atoms with van der Waals surface area (Å²) in [6.45, 7) is 6.84. The van der Waals surface area contributed by atoms with Gasteiger partial charge in [-0.3, -0.25) is 0 Å². The normalized spacial score (nSPS) is 31.8. The van der Waals surface area contributed by atoms with Crippen LogP contribution in [0, 0.1) is 0 Å². The first kappa shape index (κ1) is 11.2. The zero-order valence-corrected chi connectivity index (χ0v) is 10.9. The van der Waals surface area contributed by atoms with E-state index in [2.05, 4.69) is 31.0 Å². The van der Waals surface area contributed by atoms with Gasteiger partial charge in [-0.05, 0) is 45.8 Å². The molecule has 1 aliphatic carbocycles. The zero-order chi connectivity index (χ0) is 11.1. The van der Waals surface area contributed by atoms with Crippen molar-refractivity contribution in [3.8, 4) is 0 Å². The molecule has 0 aromatic heterocycles. The van der Waals surface area contributed by atoms with E-state index in [4.69, 9.17) is 12.2 Å². The molecular weight excluding hydrogens is 204 g/mol. The predicted octanol–water partition coefficient (Wildman–Crippen LogP) is 2.68. The minimum atomic E-state index is 0.180. The van der Waals surface area contributed by atoms with Crippen molar-refractivity contribution < 1.29 is 0 Å². The molecule has 3 heteroatoms. The molecule has 2 nitrogen and oxygen atoms in total. The molecular formula is C12H22N2S. The summed E-state index contributed by atoms with van der Waals surface area (Å²) in [5.41, 5.74) is 0.180. The first-order chi connectivity index (χ1) is 7.03. The van der Waals surface area contributed by atoms with E-state index < -0.39 is 0 Å². The maximum atomic E-state index is 5.46. The number of nitrogens with zero attached hydrogens (tertiary/aromatic N) is 1. The Bertz CT molecular complexity index is 256. The van der Waals surface area contributed by atoms with Crippen LogP contribution in [-0.4, -0.2) is 27.6 Å². The molecule has 0 aromatic carbocycles. The molecule has 1 saturated heterocycles. The first-order valence-electron chi connectivity index (χ1n) is 6.13. The van der Waals surface area contributed by atoms with E-state index in [0.717, 1.165) is 5.11 Å². The molecule has 1 atom stereocenters. The van der Waals surface area contributed by atoms with Crippen LogP contribution in [0.2, 0.25) is 0 Å². The van der Waals surface area contributed by atoms with Crippen LogP contribution in [0.1, 0.15) is 52.9 Å². The molecule has 1 unspecified atom stereocenters. The number of hydrogen-bond acceptors (Lipinski definition) is 1. The van der Waals surface area contributed by atoms with Crippen molar-refractivity contribution in [2.45, 2.75) is 70.5 Å². The van der Waals surface area contributed by atoms with Crippen molar-refractivity contribution in [1.82, 2.24) is 10.2 Å². The third kappa shape index (κ3) is 1.86. The molecule has 2 aliphatic rings. The summed E-state index contributed by atoms with van der Waals surface area (Å²) in [5, 5.41) is 4.38. The molecule has 15 heavy (non-hydrogen) atoms. The molecule has 0 bridgehead atoms. The summed E-state index contributed by atoms with van der Waals surface area (Å²) < 4.78 is 0. The maximum Gasteiger partial charge on any atom is 0.169 e. The standard InChI is InChI=1S/C12H22N2S/c1-9-12(2,3)14(11(15)13-9)10-7-5-4-6-8-10/h9-10H,4-8H2,1-3H3,(H,13,15). The highest BCUT2D eigenvalue weighted by Gasteiger charge is 2.44. The third-order valence-corrected chi connectivity index (χ3v) is 4.49. The van der Waals surface area contributed by atoms with Crippen molar-refractivity contribution in [3.05, 3.63) is 0 Å². The van der Waals surface area contributed by atoms with E-state index >= 15 is 0 Å². The minimum absolute atomic E-state index is 0.180. The fourth-order valence-corrected chi connectivity index (χ4v) is 3.44. The average molecular weight is 226 g/mol. The second-order valence-electron chi connectivity index (χ2n) is 5.49. The first-order valence-corrected chi connectivity index (χ1v) is 6.54. The van der Waals surface area contributed by atoms with Gasteiger partial charge >= 0.3 is 0 Å². The molecule has 1 saturated carbocycles. The fraction of sp³-hybridized carbons (Fsp3) is 0.917. The number of hydrogen-bond donors (Lipinski definition) is 1. The Kier molecular flexibility index (Phi) is 2.93. The monoisotopic (exact) mass is 226 g/mol. The molecule has 2 fully saturated rings. The molecule has 0 aromatic rings. The van der Waals surface area contributed by atoms with Gasteiger partial charge in [0.2, 0.25) is 0 Å². The van der Waals surface area contributed by atoms with Crippen molar-refractivity contribution >= 4 is 17.3 Å². The van der Waals surface area contributed by atoms with Crippen LogP contribution in [-0.2, 0) is 0 Å². The van der Waals surface area contributed by atoms with Gasteiger partial charge in [-0.15, -0.1) is 0 Å². The van der Waals surface area contributed by atoms with Gasteiger partial charge in [-0.1, -0.05) is 19.3 Å². The lowest BCUT2D eigenvalue weighted by Gasteiger charge is -2.41. The SMILES string of the molecule is CC1NC(=S)N(C2CCCCC2)C1(C)C. The predicted molar refractivity (Wildman–Crippen MR) is 68.0 cm³/mol. The van der Waals surface area contributed by atoms with Gasteiger partial charge in [0.05, 0.1) is 5.54 Å². The van der Waals surface area contributed by atoms with Crippen molar-refractivity contribution in [1.29, 1.82) is 0 Å². The Morgan fingerprint density at radius 2 is 1.87 bits per heavy atom. The largest absolute Gasteiger partial charge is 0.358 e. The zero-order valence-electron chi connectivity index (χ0n) is 10.0. The molecule has 1 N–H and O–H groups in total. The van der Waals surface area contributed by atoms with E-state index in [1.54, 1.807) is 0 Å². The quantitative estimate of drug-likeness (QED) is 0.692. The van der Waals surface area contributed by atoms with Gasteiger partial charge < -0.3 is 10.2 Å². The van der Waals surface area contributed by atoms with Gasteiger partial charge in [0, 0.05) is 12.1 Å². The summed E-state index contributed by atoms with van der Waals surface area (Å²) >= 11 is 5.46. The fourth-order valence-electron chi connectivity index (χ4n) is 2.88. The second kappa shape index (κ2) is 3.93. The molecule has 1 heterocycles. The molecule has 0 amide bonds. The summed E-state index contributed by atoms with van der Waals surface area (Å²) in [6.07, 6.45) is 6.78. The lowest BCUT2D eigenvalue weighted by molar-refractivity contribution is 0.137. The Hall–Kier alpha value is -0.310. The van der Waals surface area contributed by atoms with Crippen molar-refractivity contribution in [2.24, 2.45) is 0 Å². The van der Waals surface area contributed by atoms with Gasteiger partial charge in [0.1, 0.15) is 0 Å². The average Bonchev–Trinajstić information content (AvgIpc) is 2.37. The molecule has 0 radical (unpaired) electrons. The van der Waals surface area contributed by atoms with Crippen LogP contribution in [0.4, 0.5) is 0 Å². The Morgan fingerprint density at radius 1 is 1.27 bits per heavy atom. The van der Waals surface area contributed by atoms with Crippen molar-refractivity contribution in [3.63, 3.8) is 0 Å². The van der Waals surface area contributed by atoms with E-state index in [9.17, 15) is 0 Å². The van der Waals surface area contributed by atoms with Crippen LogP contribution < -0.4 is 5.32 Å². The van der Waals surface area contributed by atoms with Crippen LogP contribution >= 0.6 is 12.2 Å². The van der Waals surface area contributed by atoms with Crippen LogP contribution in [0.15, 0.2) is 0 Å². The van der Waals surface area contributed by atoms with Gasteiger partial charge in [-0.2, -0.15) is 0 Å². The third-order valence-electron chi connectivity index (χ3n) is 4.18. The number of thiocarbonyl (C=S) groups is 1. The minimum Gasteiger partial charge on any atom is -0.358 e. The van der Waals surface area contributed by atoms with E-state index in [0.29, 0.717) is 12.1 Å². The second-order valence-corrected chi connectivity index (χ2v) is 5.87. The van der Waals surface area contributed by atoms with Gasteiger partial charge in [0.25, 0.3) is 0 Å². The Balaban J connectivity index is 2.15. The summed E-state index contributed by atoms with van der Waals surface area (Å²) in [4.78, 5) is 2.46. The lowest BCUT2D eigenvalue weighted by atomic mass is 9.89. The molecule has 0 spiro atoms. The summed E-state index contributed by atoms with van der Waals surface area (Å²) in [7, 11) is 0. The maximum absolute atomic E-state index is 5.46. The van der Waals surface area contributed by atoms with E-state index in [1.807, 2.05) is 0 Å². The topological polar surface area (TPSA) is 15.3 Å². The molecule has 1 aliphatic heterocycles. The van der Waals surface area contributed by atoms with Gasteiger partial charge in [0.15, 0.2) is 5.11 Å². The van der Waals surface area contributed by atoms with Gasteiger partial charge in [-0.25, -0.2) is 0 Å². The van der Waals surface area contributed by atoms with Crippen LogP contribution in [0.25, 0.3) is 0 Å². The molecule has 86 valence electrons. The lowest BCUT2D eigenvalue weighted by Crippen LogP contribution is -2.51. The van der Waals surface area contributed by atoms with E-state index in [1.165, 1.54) is 32.1 Å². The van der Waals surface area contributed by atoms with Crippen LogP contribution in [0.5, 0.6) is 0 Å². The van der Waals surface area contributed by atoms with Crippen LogP contribution in [0.3, 0.4) is 0 Å². The van der Waals surface area contributed by atoms with Crippen molar-refractivity contribution in [2.75, 3.05) is 0 Å². The Labute approximate surface area is 98.4 Å². The summed E-state index contributed by atoms with van der Waals surface area (Å²) in [6, 6.07) is 1.14. The highest BCUT2D eigenvalue weighted by molar-refractivity contribution is 7.80. The smallest absolute Gasteiger partial charge is 0.169 e. The number of rotatable bonds is 1. The van der Waals surface area contributed by atoms with E-state index in [-0.39, 0.29) is 5.54 Å². The highest BCUT2D eigenvalue weighted by atomic mass is 32.1.